The second-order valence-corrected chi connectivity index (χ2v) is 11.0. The number of rotatable bonds is 5. The van der Waals surface area contributed by atoms with Gasteiger partial charge in [0, 0.05) is 46.7 Å². The Kier molecular flexibility index (Phi) is 5.86. The lowest BCUT2D eigenvalue weighted by Gasteiger charge is -2.25. The number of likely N-dealkylation sites (N-methyl/N-ethyl adjacent to an activating group) is 1. The zero-order valence-electron chi connectivity index (χ0n) is 21.4. The van der Waals surface area contributed by atoms with Crippen molar-refractivity contribution in [1.82, 2.24) is 14.0 Å². The van der Waals surface area contributed by atoms with Gasteiger partial charge in [0.25, 0.3) is 5.92 Å². The first-order valence-electron chi connectivity index (χ1n) is 13.3. The lowest BCUT2D eigenvalue weighted by atomic mass is 9.81. The van der Waals surface area contributed by atoms with E-state index < -0.39 is 11.9 Å². The van der Waals surface area contributed by atoms with Crippen LogP contribution in [0.15, 0.2) is 42.6 Å². The average Bonchev–Trinajstić information content (AvgIpc) is 3.39. The van der Waals surface area contributed by atoms with Gasteiger partial charge >= 0.3 is 5.97 Å². The highest BCUT2D eigenvalue weighted by Gasteiger charge is 2.37. The molecular formula is C30H33F2N3O2. The van der Waals surface area contributed by atoms with Crippen LogP contribution in [0.1, 0.15) is 65.9 Å². The number of hydrogen-bond donors (Lipinski definition) is 1. The number of fused-ring (bicyclic) bond motifs is 4. The van der Waals surface area contributed by atoms with Crippen molar-refractivity contribution in [2.24, 2.45) is 0 Å². The maximum atomic E-state index is 15.5. The number of alkyl halides is 2. The number of carboxylic acid groups (broad SMARTS) is 1. The fraction of sp³-hybridized carbons (Fsp3) is 0.433. The predicted octanol–water partition coefficient (Wildman–Crippen LogP) is 7.07. The first-order valence-corrected chi connectivity index (χ1v) is 13.3. The lowest BCUT2D eigenvalue weighted by molar-refractivity contribution is -0.0257. The maximum Gasteiger partial charge on any atom is 0.335 e. The number of aromatic carboxylic acids is 1. The van der Waals surface area contributed by atoms with Crippen LogP contribution in [-0.4, -0.2) is 45.8 Å². The Labute approximate surface area is 215 Å². The molecule has 6 rings (SSSR count). The number of nitrogens with zero attached hydrogens (tertiary/aromatic N) is 3. The molecule has 0 radical (unpaired) electrons. The second kappa shape index (κ2) is 8.98. The Morgan fingerprint density at radius 1 is 1.05 bits per heavy atom. The number of aromatic nitrogens is 2. The van der Waals surface area contributed by atoms with Crippen LogP contribution in [0.4, 0.5) is 8.78 Å². The van der Waals surface area contributed by atoms with Gasteiger partial charge in [-0.25, -0.2) is 4.79 Å². The zero-order valence-corrected chi connectivity index (χ0v) is 21.4. The van der Waals surface area contributed by atoms with Crippen LogP contribution >= 0.6 is 0 Å². The molecule has 0 amide bonds. The van der Waals surface area contributed by atoms with E-state index in [0.29, 0.717) is 24.4 Å². The van der Waals surface area contributed by atoms with E-state index in [1.165, 1.54) is 29.7 Å². The zero-order chi connectivity index (χ0) is 25.9. The van der Waals surface area contributed by atoms with E-state index in [4.69, 9.17) is 0 Å². The van der Waals surface area contributed by atoms with E-state index in [9.17, 15) is 9.90 Å². The number of carboxylic acids is 1. The van der Waals surface area contributed by atoms with E-state index in [0.717, 1.165) is 46.9 Å². The molecule has 3 heterocycles. The van der Waals surface area contributed by atoms with Gasteiger partial charge in [-0.2, -0.15) is 8.78 Å². The number of hydrogen-bond acceptors (Lipinski definition) is 2. The van der Waals surface area contributed by atoms with Crippen molar-refractivity contribution in [2.45, 2.75) is 63.5 Å². The summed E-state index contributed by atoms with van der Waals surface area (Å²) in [5.41, 5.74) is 5.46. The normalized spacial score (nSPS) is 16.8. The fourth-order valence-electron chi connectivity index (χ4n) is 6.74. The van der Waals surface area contributed by atoms with Crippen molar-refractivity contribution in [3.8, 4) is 11.3 Å². The number of para-hydroxylation sites is 1. The Bertz CT molecular complexity index is 1510. The van der Waals surface area contributed by atoms with Gasteiger partial charge in [-0.1, -0.05) is 43.5 Å². The van der Waals surface area contributed by atoms with E-state index in [1.54, 1.807) is 32.4 Å². The molecule has 0 saturated heterocycles. The third kappa shape index (κ3) is 3.95. The number of halogens is 2. The molecule has 4 aromatic rings. The standard InChI is InChI=1S/C30H33F2N3O2/c1-33(2)18-30(31,32)24-17-34-14-7-15-35-25-16-20(29(36)37)12-13-22(25)26(19-8-4-3-5-9-19)28(35)23-11-6-10-21(24)27(23)34/h6,10-13,16-17,19H,3-5,7-9,14-15,18H2,1-2H3,(H,36,37). The van der Waals surface area contributed by atoms with Crippen LogP contribution in [0.5, 0.6) is 0 Å². The maximum absolute atomic E-state index is 15.5. The highest BCUT2D eigenvalue weighted by molar-refractivity contribution is 6.03. The van der Waals surface area contributed by atoms with Gasteiger partial charge < -0.3 is 19.1 Å². The molecule has 0 atom stereocenters. The quantitative estimate of drug-likeness (QED) is 0.316. The molecule has 1 aliphatic heterocycles. The van der Waals surface area contributed by atoms with Gasteiger partial charge in [-0.05, 0) is 57.0 Å². The summed E-state index contributed by atoms with van der Waals surface area (Å²) in [7, 11) is 3.35. The van der Waals surface area contributed by atoms with Crippen LogP contribution in [0.2, 0.25) is 0 Å². The molecule has 1 aliphatic carbocycles. The van der Waals surface area contributed by atoms with Gasteiger partial charge in [-0.15, -0.1) is 0 Å². The smallest absolute Gasteiger partial charge is 0.335 e. The molecule has 37 heavy (non-hydrogen) atoms. The van der Waals surface area contributed by atoms with Gasteiger partial charge in [0.05, 0.1) is 23.3 Å². The minimum absolute atomic E-state index is 0.0787. The fourth-order valence-corrected chi connectivity index (χ4v) is 6.74. The number of aryl methyl sites for hydroxylation is 2. The van der Waals surface area contributed by atoms with Crippen LogP contribution in [0.25, 0.3) is 33.1 Å². The molecule has 2 aromatic carbocycles. The van der Waals surface area contributed by atoms with Crippen molar-refractivity contribution >= 4 is 27.8 Å². The van der Waals surface area contributed by atoms with Crippen molar-refractivity contribution in [2.75, 3.05) is 20.6 Å². The van der Waals surface area contributed by atoms with E-state index in [1.807, 2.05) is 22.8 Å². The molecule has 1 saturated carbocycles. The van der Waals surface area contributed by atoms with Crippen molar-refractivity contribution in [3.05, 3.63) is 59.3 Å². The minimum Gasteiger partial charge on any atom is -0.478 e. The summed E-state index contributed by atoms with van der Waals surface area (Å²) in [5.74, 6) is -3.54. The topological polar surface area (TPSA) is 50.4 Å². The Morgan fingerprint density at radius 3 is 2.57 bits per heavy atom. The molecule has 0 spiro atoms. The molecule has 194 valence electrons. The van der Waals surface area contributed by atoms with E-state index in [2.05, 4.69) is 10.6 Å². The SMILES string of the molecule is CN(C)CC(F)(F)c1cn2c3c(cccc13)-c1c(C3CCCCC3)c3ccc(C(=O)O)cc3n1CCC2. The molecular weight excluding hydrogens is 472 g/mol. The Hall–Kier alpha value is -3.19. The molecule has 1 N–H and O–H groups in total. The summed E-state index contributed by atoms with van der Waals surface area (Å²) in [5, 5.41) is 11.4. The first-order chi connectivity index (χ1) is 17.8. The summed E-state index contributed by atoms with van der Waals surface area (Å²) in [6.45, 7) is 0.989. The predicted molar refractivity (Wildman–Crippen MR) is 143 cm³/mol. The molecule has 7 heteroatoms. The van der Waals surface area contributed by atoms with Crippen LogP contribution < -0.4 is 0 Å². The van der Waals surface area contributed by atoms with Crippen molar-refractivity contribution in [3.63, 3.8) is 0 Å². The van der Waals surface area contributed by atoms with Crippen molar-refractivity contribution in [1.29, 1.82) is 0 Å². The van der Waals surface area contributed by atoms with E-state index in [-0.39, 0.29) is 17.7 Å². The average molecular weight is 506 g/mol. The molecule has 5 nitrogen and oxygen atoms in total. The van der Waals surface area contributed by atoms with Gasteiger partial charge in [0.1, 0.15) is 0 Å². The summed E-state index contributed by atoms with van der Waals surface area (Å²) >= 11 is 0. The molecule has 0 bridgehead atoms. The molecule has 0 unspecified atom stereocenters. The van der Waals surface area contributed by atoms with Crippen LogP contribution in [0, 0.1) is 0 Å². The van der Waals surface area contributed by atoms with Crippen LogP contribution in [-0.2, 0) is 19.0 Å². The summed E-state index contributed by atoms with van der Waals surface area (Å²) in [6.07, 6.45) is 8.20. The first kappa shape index (κ1) is 24.2. The van der Waals surface area contributed by atoms with Gasteiger partial charge in [-0.3, -0.25) is 0 Å². The molecule has 2 aromatic heterocycles. The minimum atomic E-state index is -2.98. The van der Waals surface area contributed by atoms with Crippen LogP contribution in [0.3, 0.4) is 0 Å². The van der Waals surface area contributed by atoms with Gasteiger partial charge in [0.2, 0.25) is 0 Å². The number of benzene rings is 2. The largest absolute Gasteiger partial charge is 0.478 e. The second-order valence-electron chi connectivity index (χ2n) is 11.0. The lowest BCUT2D eigenvalue weighted by Crippen LogP contribution is -2.29. The summed E-state index contributed by atoms with van der Waals surface area (Å²) < 4.78 is 35.3. The Morgan fingerprint density at radius 2 is 1.84 bits per heavy atom. The number of carbonyl (C=O) groups is 1. The monoisotopic (exact) mass is 505 g/mol. The highest BCUT2D eigenvalue weighted by atomic mass is 19.3. The highest BCUT2D eigenvalue weighted by Crippen LogP contribution is 2.48. The molecule has 2 aliphatic rings. The Balaban J connectivity index is 1.67. The van der Waals surface area contributed by atoms with E-state index >= 15 is 8.78 Å². The summed E-state index contributed by atoms with van der Waals surface area (Å²) in [6, 6.07) is 11.3. The summed E-state index contributed by atoms with van der Waals surface area (Å²) in [4.78, 5) is 13.4. The van der Waals surface area contributed by atoms with Gasteiger partial charge in [0.15, 0.2) is 0 Å². The molecule has 1 fully saturated rings. The third-order valence-electron chi connectivity index (χ3n) is 8.21. The van der Waals surface area contributed by atoms with Crippen molar-refractivity contribution < 1.29 is 18.7 Å². The third-order valence-corrected chi connectivity index (χ3v) is 8.21.